The van der Waals surface area contributed by atoms with E-state index in [4.69, 9.17) is 0 Å². The van der Waals surface area contributed by atoms with Gasteiger partial charge in [0.1, 0.15) is 5.82 Å². The Morgan fingerprint density at radius 3 is 2.78 bits per heavy atom. The number of nitrogens with zero attached hydrogens (tertiary/aromatic N) is 1. The van der Waals surface area contributed by atoms with Crippen LogP contribution in [0.15, 0.2) is 24.3 Å². The number of ketones is 1. The third kappa shape index (κ3) is 3.64. The van der Waals surface area contributed by atoms with Gasteiger partial charge in [-0.2, -0.15) is 0 Å². The molecule has 0 N–H and O–H groups in total. The summed E-state index contributed by atoms with van der Waals surface area (Å²) in [4.78, 5) is 14.0. The summed E-state index contributed by atoms with van der Waals surface area (Å²) in [6, 6.07) is 5.93. The van der Waals surface area contributed by atoms with Crippen molar-refractivity contribution >= 4 is 5.78 Å². The number of halogens is 1. The maximum Gasteiger partial charge on any atom is 0.176 e. The second-order valence-corrected chi connectivity index (χ2v) is 5.28. The van der Waals surface area contributed by atoms with Crippen LogP contribution in [0.25, 0.3) is 0 Å². The van der Waals surface area contributed by atoms with Crippen LogP contribution in [-0.2, 0) is 0 Å². The highest BCUT2D eigenvalue weighted by Gasteiger charge is 2.18. The number of benzene rings is 1. The Hall–Kier alpha value is -1.22. The van der Waals surface area contributed by atoms with Gasteiger partial charge in [0.2, 0.25) is 0 Å². The highest BCUT2D eigenvalue weighted by molar-refractivity contribution is 5.97. The molecule has 0 aliphatic heterocycles. The predicted molar refractivity (Wildman–Crippen MR) is 70.2 cm³/mol. The van der Waals surface area contributed by atoms with Crippen LogP contribution in [0.4, 0.5) is 4.39 Å². The molecule has 3 heteroatoms. The fraction of sp³-hybridized carbons (Fsp3) is 0.533. The van der Waals surface area contributed by atoms with Gasteiger partial charge in [-0.05, 0) is 37.9 Å². The summed E-state index contributed by atoms with van der Waals surface area (Å²) in [6.45, 7) is 1.35. The van der Waals surface area contributed by atoms with Gasteiger partial charge in [-0.1, -0.05) is 25.0 Å². The molecule has 0 heterocycles. The summed E-state index contributed by atoms with van der Waals surface area (Å²) in [6.07, 6.45) is 5.18. The molecule has 98 valence electrons. The Morgan fingerprint density at radius 2 is 2.11 bits per heavy atom. The first-order valence-corrected chi connectivity index (χ1v) is 6.62. The van der Waals surface area contributed by atoms with E-state index in [1.54, 1.807) is 12.1 Å². The number of hydrogen-bond acceptors (Lipinski definition) is 2. The van der Waals surface area contributed by atoms with E-state index in [-0.39, 0.29) is 11.6 Å². The van der Waals surface area contributed by atoms with Gasteiger partial charge in [-0.15, -0.1) is 0 Å². The lowest BCUT2D eigenvalue weighted by atomic mass is 10.1. The molecule has 1 saturated carbocycles. The molecule has 1 aromatic rings. The summed E-state index contributed by atoms with van der Waals surface area (Å²) in [5, 5.41) is 0. The average molecular weight is 249 g/mol. The molecular weight excluding hydrogens is 229 g/mol. The average Bonchev–Trinajstić information content (AvgIpc) is 2.81. The van der Waals surface area contributed by atoms with Gasteiger partial charge in [0.05, 0.1) is 6.54 Å². The van der Waals surface area contributed by atoms with Crippen LogP contribution < -0.4 is 0 Å². The number of Topliss-reactive ketones (excluding diaryl/α,β-unsaturated/α-hetero) is 1. The predicted octanol–water partition coefficient (Wildman–Crippen LogP) is 3.13. The standard InChI is InChI=1S/C15H20FNO/c1-17(10-12-5-2-3-6-12)11-15(18)13-7-4-8-14(16)9-13/h4,7-9,12H,2-3,5-6,10-11H2,1H3. The van der Waals surface area contributed by atoms with Crippen LogP contribution in [0.2, 0.25) is 0 Å². The monoisotopic (exact) mass is 249 g/mol. The summed E-state index contributed by atoms with van der Waals surface area (Å²) >= 11 is 0. The summed E-state index contributed by atoms with van der Waals surface area (Å²) in [5.41, 5.74) is 0.466. The van der Waals surface area contributed by atoms with Crippen molar-refractivity contribution in [3.05, 3.63) is 35.6 Å². The van der Waals surface area contributed by atoms with Crippen LogP contribution in [0.1, 0.15) is 36.0 Å². The lowest BCUT2D eigenvalue weighted by Crippen LogP contribution is -2.30. The quantitative estimate of drug-likeness (QED) is 0.747. The van der Waals surface area contributed by atoms with Crippen LogP contribution in [0, 0.1) is 11.7 Å². The Kier molecular flexibility index (Phi) is 4.48. The normalized spacial score (nSPS) is 16.4. The van der Waals surface area contributed by atoms with E-state index in [1.807, 2.05) is 7.05 Å². The van der Waals surface area contributed by atoms with Crippen LogP contribution in [0.5, 0.6) is 0 Å². The molecule has 0 amide bonds. The van der Waals surface area contributed by atoms with Gasteiger partial charge in [-0.25, -0.2) is 4.39 Å². The van der Waals surface area contributed by atoms with E-state index in [0.717, 1.165) is 12.5 Å². The minimum atomic E-state index is -0.348. The molecular formula is C15H20FNO. The van der Waals surface area contributed by atoms with Crippen LogP contribution in [-0.4, -0.2) is 30.8 Å². The molecule has 1 aliphatic rings. The molecule has 1 aliphatic carbocycles. The van der Waals surface area contributed by atoms with E-state index < -0.39 is 0 Å². The SMILES string of the molecule is CN(CC(=O)c1cccc(F)c1)CC1CCCC1. The molecule has 0 bridgehead atoms. The van der Waals surface area contributed by atoms with Crippen molar-refractivity contribution in [2.75, 3.05) is 20.1 Å². The minimum Gasteiger partial charge on any atom is -0.299 e. The minimum absolute atomic E-state index is 0.00463. The highest BCUT2D eigenvalue weighted by atomic mass is 19.1. The Labute approximate surface area is 108 Å². The first-order valence-electron chi connectivity index (χ1n) is 6.62. The topological polar surface area (TPSA) is 20.3 Å². The molecule has 2 rings (SSSR count). The van der Waals surface area contributed by atoms with Gasteiger partial charge in [0.15, 0.2) is 5.78 Å². The zero-order chi connectivity index (χ0) is 13.0. The second kappa shape index (κ2) is 6.10. The summed E-state index contributed by atoms with van der Waals surface area (Å²) in [5.74, 6) is 0.379. The van der Waals surface area contributed by atoms with Gasteiger partial charge in [0, 0.05) is 12.1 Å². The number of likely N-dealkylation sites (N-methyl/N-ethyl adjacent to an activating group) is 1. The molecule has 0 aromatic heterocycles. The third-order valence-electron chi connectivity index (χ3n) is 3.60. The molecule has 2 nitrogen and oxygen atoms in total. The van der Waals surface area contributed by atoms with Gasteiger partial charge in [0.25, 0.3) is 0 Å². The molecule has 0 atom stereocenters. The molecule has 1 fully saturated rings. The lowest BCUT2D eigenvalue weighted by Gasteiger charge is -2.19. The molecule has 0 spiro atoms. The lowest BCUT2D eigenvalue weighted by molar-refractivity contribution is 0.0937. The van der Waals surface area contributed by atoms with Crippen LogP contribution in [0.3, 0.4) is 0 Å². The maximum absolute atomic E-state index is 13.0. The number of hydrogen-bond donors (Lipinski definition) is 0. The number of carbonyl (C=O) groups excluding carboxylic acids is 1. The summed E-state index contributed by atoms with van der Waals surface area (Å²) < 4.78 is 13.0. The Morgan fingerprint density at radius 1 is 1.39 bits per heavy atom. The van der Waals surface area contributed by atoms with Crippen molar-refractivity contribution in [2.45, 2.75) is 25.7 Å². The number of rotatable bonds is 5. The molecule has 18 heavy (non-hydrogen) atoms. The van der Waals surface area contributed by atoms with Crippen molar-refractivity contribution in [1.82, 2.24) is 4.90 Å². The molecule has 0 saturated heterocycles. The Bertz CT molecular complexity index is 413. The highest BCUT2D eigenvalue weighted by Crippen LogP contribution is 2.25. The van der Waals surface area contributed by atoms with Crippen molar-refractivity contribution in [1.29, 1.82) is 0 Å². The van der Waals surface area contributed by atoms with Crippen molar-refractivity contribution < 1.29 is 9.18 Å². The van der Waals surface area contributed by atoms with E-state index in [2.05, 4.69) is 4.90 Å². The zero-order valence-corrected chi connectivity index (χ0v) is 10.9. The first kappa shape index (κ1) is 13.2. The molecule has 0 radical (unpaired) electrons. The zero-order valence-electron chi connectivity index (χ0n) is 10.9. The van der Waals surface area contributed by atoms with E-state index in [0.29, 0.717) is 12.1 Å². The largest absolute Gasteiger partial charge is 0.299 e. The fourth-order valence-electron chi connectivity index (χ4n) is 2.70. The molecule has 0 unspecified atom stereocenters. The van der Waals surface area contributed by atoms with Gasteiger partial charge < -0.3 is 0 Å². The second-order valence-electron chi connectivity index (χ2n) is 5.28. The van der Waals surface area contributed by atoms with Crippen LogP contribution >= 0.6 is 0 Å². The summed E-state index contributed by atoms with van der Waals surface area (Å²) in [7, 11) is 1.97. The first-order chi connectivity index (χ1) is 8.65. The van der Waals surface area contributed by atoms with E-state index in [1.165, 1.54) is 37.8 Å². The van der Waals surface area contributed by atoms with Crippen molar-refractivity contribution in [2.24, 2.45) is 5.92 Å². The fourth-order valence-corrected chi connectivity index (χ4v) is 2.70. The maximum atomic E-state index is 13.0. The van der Waals surface area contributed by atoms with E-state index >= 15 is 0 Å². The van der Waals surface area contributed by atoms with Gasteiger partial charge in [-0.3, -0.25) is 9.69 Å². The van der Waals surface area contributed by atoms with Crippen molar-refractivity contribution in [3.63, 3.8) is 0 Å². The third-order valence-corrected chi connectivity index (χ3v) is 3.60. The van der Waals surface area contributed by atoms with E-state index in [9.17, 15) is 9.18 Å². The smallest absolute Gasteiger partial charge is 0.176 e. The number of carbonyl (C=O) groups is 1. The molecule has 1 aromatic carbocycles. The van der Waals surface area contributed by atoms with Crippen molar-refractivity contribution in [3.8, 4) is 0 Å². The Balaban J connectivity index is 1.86. The van der Waals surface area contributed by atoms with Gasteiger partial charge >= 0.3 is 0 Å².